The molecule has 0 radical (unpaired) electrons. The van der Waals surface area contributed by atoms with Gasteiger partial charge in [-0.15, -0.1) is 11.8 Å². The smallest absolute Gasteiger partial charge is 0.103 e. The van der Waals surface area contributed by atoms with E-state index in [2.05, 4.69) is 6.92 Å². The van der Waals surface area contributed by atoms with Crippen LogP contribution in [0.25, 0.3) is 0 Å². The average Bonchev–Trinajstić information content (AvgIpc) is 2.57. The molecule has 0 aromatic carbocycles. The van der Waals surface area contributed by atoms with Gasteiger partial charge >= 0.3 is 0 Å². The molecule has 1 fully saturated rings. The summed E-state index contributed by atoms with van der Waals surface area (Å²) >= 11 is 1.98. The van der Waals surface area contributed by atoms with Crippen molar-refractivity contribution in [2.75, 3.05) is 12.4 Å². The minimum absolute atomic E-state index is 0.534. The van der Waals surface area contributed by atoms with Crippen molar-refractivity contribution in [3.8, 4) is 0 Å². The van der Waals surface area contributed by atoms with Crippen LogP contribution in [0.2, 0.25) is 0 Å². The van der Waals surface area contributed by atoms with Gasteiger partial charge in [0, 0.05) is 6.61 Å². The second kappa shape index (κ2) is 6.79. The second-order valence-electron chi connectivity index (χ2n) is 3.37. The topological polar surface area (TPSA) is 9.23 Å². The standard InChI is InChI=1S/C10H20OS/c1-2-3-4-5-8-11-10-7-6-9-12-10/h10H,2-9H2,1H3. The Bertz CT molecular complexity index is 100. The SMILES string of the molecule is CCCCCCOC1CCCS1. The summed E-state index contributed by atoms with van der Waals surface area (Å²) in [6, 6.07) is 0. The van der Waals surface area contributed by atoms with Crippen molar-refractivity contribution in [1.29, 1.82) is 0 Å². The van der Waals surface area contributed by atoms with E-state index in [1.54, 1.807) is 0 Å². The lowest BCUT2D eigenvalue weighted by molar-refractivity contribution is 0.107. The molecule has 1 aliphatic heterocycles. The molecule has 1 saturated heterocycles. The summed E-state index contributed by atoms with van der Waals surface area (Å²) in [7, 11) is 0. The molecule has 0 aromatic heterocycles. The van der Waals surface area contributed by atoms with Crippen molar-refractivity contribution in [2.45, 2.75) is 50.9 Å². The summed E-state index contributed by atoms with van der Waals surface area (Å²) < 4.78 is 5.71. The fourth-order valence-corrected chi connectivity index (χ4v) is 2.55. The maximum absolute atomic E-state index is 5.71. The summed E-state index contributed by atoms with van der Waals surface area (Å²) in [6.07, 6.45) is 7.90. The molecule has 0 aromatic rings. The largest absolute Gasteiger partial charge is 0.368 e. The number of unbranched alkanes of at least 4 members (excludes halogenated alkanes) is 3. The summed E-state index contributed by atoms with van der Waals surface area (Å²) in [5.74, 6) is 1.31. The van der Waals surface area contributed by atoms with E-state index in [0.29, 0.717) is 5.44 Å². The normalized spacial score (nSPS) is 23.2. The van der Waals surface area contributed by atoms with Crippen molar-refractivity contribution in [2.24, 2.45) is 0 Å². The highest BCUT2D eigenvalue weighted by atomic mass is 32.2. The summed E-state index contributed by atoms with van der Waals surface area (Å²) in [5.41, 5.74) is 0.534. The molecule has 2 heteroatoms. The Labute approximate surface area is 80.3 Å². The Morgan fingerprint density at radius 1 is 1.33 bits per heavy atom. The third-order valence-electron chi connectivity index (χ3n) is 2.19. The van der Waals surface area contributed by atoms with E-state index < -0.39 is 0 Å². The van der Waals surface area contributed by atoms with Gasteiger partial charge in [0.2, 0.25) is 0 Å². The molecule has 1 nitrogen and oxygen atoms in total. The van der Waals surface area contributed by atoms with Gasteiger partial charge in [-0.05, 0) is 25.0 Å². The van der Waals surface area contributed by atoms with Gasteiger partial charge in [0.15, 0.2) is 0 Å². The molecule has 0 bridgehead atoms. The molecule has 1 heterocycles. The lowest BCUT2D eigenvalue weighted by atomic mass is 10.2. The molecular weight excluding hydrogens is 168 g/mol. The third-order valence-corrected chi connectivity index (χ3v) is 3.46. The van der Waals surface area contributed by atoms with Crippen molar-refractivity contribution >= 4 is 11.8 Å². The minimum atomic E-state index is 0.534. The van der Waals surface area contributed by atoms with Crippen molar-refractivity contribution in [3.05, 3.63) is 0 Å². The quantitative estimate of drug-likeness (QED) is 0.591. The van der Waals surface area contributed by atoms with Crippen LogP contribution < -0.4 is 0 Å². The van der Waals surface area contributed by atoms with Crippen LogP contribution in [0.4, 0.5) is 0 Å². The zero-order chi connectivity index (χ0) is 8.65. The van der Waals surface area contributed by atoms with E-state index >= 15 is 0 Å². The van der Waals surface area contributed by atoms with E-state index in [0.717, 1.165) is 6.61 Å². The summed E-state index contributed by atoms with van der Waals surface area (Å²) in [6.45, 7) is 3.23. The Hall–Kier alpha value is 0.310. The highest BCUT2D eigenvalue weighted by Gasteiger charge is 2.14. The fraction of sp³-hybridized carbons (Fsp3) is 1.00. The van der Waals surface area contributed by atoms with Crippen LogP contribution in [-0.2, 0) is 4.74 Å². The monoisotopic (exact) mass is 188 g/mol. The van der Waals surface area contributed by atoms with Crippen molar-refractivity contribution in [1.82, 2.24) is 0 Å². The van der Waals surface area contributed by atoms with Crippen LogP contribution in [0.1, 0.15) is 45.4 Å². The molecule has 1 atom stereocenters. The van der Waals surface area contributed by atoms with Gasteiger partial charge in [-0.25, -0.2) is 0 Å². The van der Waals surface area contributed by atoms with Gasteiger partial charge in [-0.1, -0.05) is 26.2 Å². The summed E-state index contributed by atoms with van der Waals surface area (Å²) in [4.78, 5) is 0. The molecule has 1 unspecified atom stereocenters. The number of ether oxygens (including phenoxy) is 1. The van der Waals surface area contributed by atoms with E-state index in [9.17, 15) is 0 Å². The zero-order valence-corrected chi connectivity index (χ0v) is 8.87. The van der Waals surface area contributed by atoms with Crippen LogP contribution in [0, 0.1) is 0 Å². The third kappa shape index (κ3) is 4.36. The van der Waals surface area contributed by atoms with Gasteiger partial charge in [0.05, 0.1) is 0 Å². The zero-order valence-electron chi connectivity index (χ0n) is 8.05. The van der Waals surface area contributed by atoms with Gasteiger partial charge in [-0.2, -0.15) is 0 Å². The number of thioether (sulfide) groups is 1. The van der Waals surface area contributed by atoms with E-state index in [1.165, 1.54) is 44.3 Å². The predicted octanol–water partition coefficient (Wildman–Crippen LogP) is 3.44. The number of hydrogen-bond acceptors (Lipinski definition) is 2. The first kappa shape index (κ1) is 10.4. The molecule has 0 spiro atoms. The lowest BCUT2D eigenvalue weighted by Gasteiger charge is -2.09. The highest BCUT2D eigenvalue weighted by molar-refractivity contribution is 8.00. The van der Waals surface area contributed by atoms with Crippen LogP contribution >= 0.6 is 11.8 Å². The highest BCUT2D eigenvalue weighted by Crippen LogP contribution is 2.26. The van der Waals surface area contributed by atoms with Crippen LogP contribution in [-0.4, -0.2) is 17.8 Å². The second-order valence-corrected chi connectivity index (χ2v) is 4.64. The van der Waals surface area contributed by atoms with E-state index in [1.807, 2.05) is 11.8 Å². The molecule has 1 rings (SSSR count). The van der Waals surface area contributed by atoms with E-state index in [-0.39, 0.29) is 0 Å². The van der Waals surface area contributed by atoms with Crippen LogP contribution in [0.3, 0.4) is 0 Å². The summed E-state index contributed by atoms with van der Waals surface area (Å²) in [5, 5.41) is 0. The average molecular weight is 188 g/mol. The number of hydrogen-bond donors (Lipinski definition) is 0. The Balaban J connectivity index is 1.81. The molecule has 72 valence electrons. The Morgan fingerprint density at radius 3 is 2.92 bits per heavy atom. The Morgan fingerprint density at radius 2 is 2.25 bits per heavy atom. The molecule has 0 N–H and O–H groups in total. The first-order valence-electron chi connectivity index (χ1n) is 5.16. The Kier molecular flexibility index (Phi) is 5.88. The molecular formula is C10H20OS. The van der Waals surface area contributed by atoms with Crippen LogP contribution in [0.5, 0.6) is 0 Å². The maximum atomic E-state index is 5.71. The molecule has 0 aliphatic carbocycles. The van der Waals surface area contributed by atoms with Crippen LogP contribution in [0.15, 0.2) is 0 Å². The molecule has 12 heavy (non-hydrogen) atoms. The number of rotatable bonds is 6. The molecule has 0 amide bonds. The van der Waals surface area contributed by atoms with Gasteiger partial charge in [0.1, 0.15) is 5.44 Å². The lowest BCUT2D eigenvalue weighted by Crippen LogP contribution is -2.04. The fourth-order valence-electron chi connectivity index (χ4n) is 1.42. The van der Waals surface area contributed by atoms with E-state index in [4.69, 9.17) is 4.74 Å². The van der Waals surface area contributed by atoms with Gasteiger partial charge in [-0.3, -0.25) is 0 Å². The first-order chi connectivity index (χ1) is 5.93. The minimum Gasteiger partial charge on any atom is -0.368 e. The van der Waals surface area contributed by atoms with Gasteiger partial charge in [0.25, 0.3) is 0 Å². The maximum Gasteiger partial charge on any atom is 0.103 e. The van der Waals surface area contributed by atoms with Crippen molar-refractivity contribution < 1.29 is 4.74 Å². The predicted molar refractivity (Wildman–Crippen MR) is 55.6 cm³/mol. The molecule has 1 aliphatic rings. The van der Waals surface area contributed by atoms with Gasteiger partial charge < -0.3 is 4.74 Å². The molecule has 0 saturated carbocycles. The first-order valence-corrected chi connectivity index (χ1v) is 6.21. The van der Waals surface area contributed by atoms with Crippen molar-refractivity contribution in [3.63, 3.8) is 0 Å².